The molecular weight excluding hydrogens is 1250 g/mol. The summed E-state index contributed by atoms with van der Waals surface area (Å²) < 4.78 is 68.4. The summed E-state index contributed by atoms with van der Waals surface area (Å²) in [6, 6.07) is 0. The van der Waals surface area contributed by atoms with Gasteiger partial charge in [-0.2, -0.15) is 0 Å². The standard InChI is InChI=1S/C76H144O17P2/c1-8-10-11-12-13-14-15-16-19-24-27-30-36-45-52-59-75(80)92-72(64-87-74(79)58-51-44-39-38-42-49-56-69(7)9-2)66-91-95(84,85)89-62-70(77)61-88-94(82,83)90-65-71(93-76(81)60-53-46-37-32-31-34-41-48-55-68(5)6)63-86-73(78)57-50-43-35-29-26-23-21-18-17-20-22-25-28-33-40-47-54-67(3)4/h14-16,19,67-72,77H,8-13,17-18,20-66H2,1-7H3,(H,82,83)(H,84,85)/b15-14-,19-16-/t69?,70-,71-,72-/m1/s1. The molecule has 17 nitrogen and oxygen atoms in total. The number of allylic oxidation sites excluding steroid dienone is 4. The first kappa shape index (κ1) is 92.5. The Hall–Kier alpha value is -2.46. The average molecular weight is 1390 g/mol. The lowest BCUT2D eigenvalue weighted by molar-refractivity contribution is -0.161. The average Bonchev–Trinajstić information content (AvgIpc) is 3.68. The van der Waals surface area contributed by atoms with Gasteiger partial charge in [0.2, 0.25) is 0 Å². The number of hydrogen-bond acceptors (Lipinski definition) is 15. The number of ether oxygens (including phenoxy) is 4. The summed E-state index contributed by atoms with van der Waals surface area (Å²) in [5.41, 5.74) is 0. The molecule has 560 valence electrons. The molecule has 3 unspecified atom stereocenters. The van der Waals surface area contributed by atoms with E-state index in [-0.39, 0.29) is 25.7 Å². The van der Waals surface area contributed by atoms with Gasteiger partial charge in [-0.1, -0.05) is 310 Å². The third kappa shape index (κ3) is 68.5. The van der Waals surface area contributed by atoms with Crippen LogP contribution in [0.25, 0.3) is 0 Å². The Kier molecular flexibility index (Phi) is 64.4. The molecule has 0 heterocycles. The van der Waals surface area contributed by atoms with E-state index in [1.165, 1.54) is 154 Å². The summed E-state index contributed by atoms with van der Waals surface area (Å²) in [5, 5.41) is 10.6. The van der Waals surface area contributed by atoms with Gasteiger partial charge >= 0.3 is 39.5 Å². The van der Waals surface area contributed by atoms with E-state index >= 15 is 0 Å². The fraction of sp³-hybridized carbons (Fsp3) is 0.895. The molecule has 3 N–H and O–H groups in total. The van der Waals surface area contributed by atoms with E-state index in [0.29, 0.717) is 31.6 Å². The topological polar surface area (TPSA) is 237 Å². The van der Waals surface area contributed by atoms with E-state index in [1.807, 2.05) is 0 Å². The maximum absolute atomic E-state index is 13.1. The molecular formula is C76H144O17P2. The molecule has 0 saturated carbocycles. The number of carbonyl (C=O) groups excluding carboxylic acids is 4. The van der Waals surface area contributed by atoms with E-state index in [0.717, 1.165) is 121 Å². The van der Waals surface area contributed by atoms with Crippen molar-refractivity contribution in [2.24, 2.45) is 17.8 Å². The van der Waals surface area contributed by atoms with Crippen molar-refractivity contribution in [1.29, 1.82) is 0 Å². The number of aliphatic hydroxyl groups excluding tert-OH is 1. The molecule has 0 amide bonds. The van der Waals surface area contributed by atoms with Crippen LogP contribution in [0.3, 0.4) is 0 Å². The Morgan fingerprint density at radius 3 is 0.937 bits per heavy atom. The van der Waals surface area contributed by atoms with Crippen LogP contribution in [0, 0.1) is 17.8 Å². The predicted molar refractivity (Wildman–Crippen MR) is 386 cm³/mol. The first-order valence-electron chi connectivity index (χ1n) is 38.7. The Labute approximate surface area is 580 Å². The van der Waals surface area contributed by atoms with Crippen molar-refractivity contribution >= 4 is 39.5 Å². The minimum absolute atomic E-state index is 0.0838. The molecule has 0 aliphatic carbocycles. The van der Waals surface area contributed by atoms with Crippen LogP contribution >= 0.6 is 15.6 Å². The van der Waals surface area contributed by atoms with Crippen molar-refractivity contribution in [3.63, 3.8) is 0 Å². The summed E-state index contributed by atoms with van der Waals surface area (Å²) in [4.78, 5) is 72.7. The number of hydrogen-bond donors (Lipinski definition) is 3. The van der Waals surface area contributed by atoms with E-state index in [9.17, 15) is 43.2 Å². The first-order chi connectivity index (χ1) is 45.8. The van der Waals surface area contributed by atoms with Crippen molar-refractivity contribution in [1.82, 2.24) is 0 Å². The summed E-state index contributed by atoms with van der Waals surface area (Å²) >= 11 is 0. The quantitative estimate of drug-likeness (QED) is 0.0169. The van der Waals surface area contributed by atoms with Crippen molar-refractivity contribution < 1.29 is 80.2 Å². The molecule has 19 heteroatoms. The van der Waals surface area contributed by atoms with E-state index < -0.39 is 97.5 Å². The molecule has 0 aromatic carbocycles. The second kappa shape index (κ2) is 66.1. The highest BCUT2D eigenvalue weighted by Crippen LogP contribution is 2.45. The van der Waals surface area contributed by atoms with Gasteiger partial charge in [-0.05, 0) is 69.1 Å². The lowest BCUT2D eigenvalue weighted by atomic mass is 10.00. The van der Waals surface area contributed by atoms with Gasteiger partial charge in [0.15, 0.2) is 12.2 Å². The van der Waals surface area contributed by atoms with Gasteiger partial charge in [0.25, 0.3) is 0 Å². The summed E-state index contributed by atoms with van der Waals surface area (Å²) in [5.74, 6) is 0.103. The number of carbonyl (C=O) groups is 4. The van der Waals surface area contributed by atoms with Crippen LogP contribution in [0.15, 0.2) is 24.3 Å². The molecule has 0 radical (unpaired) electrons. The van der Waals surface area contributed by atoms with Gasteiger partial charge in [0.05, 0.1) is 26.4 Å². The number of esters is 4. The normalized spacial score (nSPS) is 14.5. The maximum Gasteiger partial charge on any atom is 0.472 e. The summed E-state index contributed by atoms with van der Waals surface area (Å²) in [6.45, 7) is 11.8. The van der Waals surface area contributed by atoms with Crippen molar-refractivity contribution in [2.75, 3.05) is 39.6 Å². The summed E-state index contributed by atoms with van der Waals surface area (Å²) in [7, 11) is -9.92. The zero-order valence-corrected chi connectivity index (χ0v) is 63.4. The van der Waals surface area contributed by atoms with Gasteiger partial charge in [-0.15, -0.1) is 0 Å². The highest BCUT2D eigenvalue weighted by Gasteiger charge is 2.30. The largest absolute Gasteiger partial charge is 0.472 e. The number of phosphoric acid groups is 2. The van der Waals surface area contributed by atoms with Crippen molar-refractivity contribution in [3.8, 4) is 0 Å². The molecule has 0 fully saturated rings. The molecule has 6 atom stereocenters. The van der Waals surface area contributed by atoms with E-state index in [1.54, 1.807) is 0 Å². The van der Waals surface area contributed by atoms with Gasteiger partial charge in [-0.3, -0.25) is 37.3 Å². The molecule has 0 bridgehead atoms. The highest BCUT2D eigenvalue weighted by atomic mass is 31.2. The van der Waals surface area contributed by atoms with E-state index in [2.05, 4.69) is 72.8 Å². The van der Waals surface area contributed by atoms with Crippen molar-refractivity contribution in [3.05, 3.63) is 24.3 Å². The maximum atomic E-state index is 13.1. The fourth-order valence-corrected chi connectivity index (χ4v) is 12.6. The minimum Gasteiger partial charge on any atom is -0.462 e. The zero-order chi connectivity index (χ0) is 70.1. The number of aliphatic hydroxyl groups is 1. The summed E-state index contributed by atoms with van der Waals surface area (Å²) in [6.07, 6.45) is 55.1. The second-order valence-electron chi connectivity index (χ2n) is 27.9. The molecule has 95 heavy (non-hydrogen) atoms. The van der Waals surface area contributed by atoms with Crippen LogP contribution in [-0.4, -0.2) is 96.7 Å². The molecule has 0 rings (SSSR count). The number of rotatable bonds is 72. The van der Waals surface area contributed by atoms with Gasteiger partial charge in [0.1, 0.15) is 19.3 Å². The Morgan fingerprint density at radius 1 is 0.347 bits per heavy atom. The molecule has 0 saturated heterocycles. The van der Waals surface area contributed by atoms with Crippen LogP contribution < -0.4 is 0 Å². The smallest absolute Gasteiger partial charge is 0.462 e. The molecule has 0 aliphatic heterocycles. The predicted octanol–water partition coefficient (Wildman–Crippen LogP) is 21.7. The molecule has 0 aromatic rings. The SMILES string of the molecule is CCCCCC/C=C\C=C/CCCCCCCC(=O)O[C@H](COC(=O)CCCCCCCCC(C)CC)COP(=O)(O)OC[C@H](O)COP(=O)(O)OC[C@@H](COC(=O)CCCCCCCCCCCCCCCCCCC(C)C)OC(=O)CCCCCCCCCCC(C)C. The third-order valence-corrected chi connectivity index (χ3v) is 19.3. The Bertz CT molecular complexity index is 1950. The van der Waals surface area contributed by atoms with E-state index in [4.69, 9.17) is 37.0 Å². The molecule has 0 spiro atoms. The molecule has 0 aromatic heterocycles. The zero-order valence-electron chi connectivity index (χ0n) is 61.6. The van der Waals surface area contributed by atoms with Gasteiger partial charge in [-0.25, -0.2) is 9.13 Å². The van der Waals surface area contributed by atoms with Crippen LogP contribution in [0.5, 0.6) is 0 Å². The molecule has 0 aliphatic rings. The Morgan fingerprint density at radius 2 is 0.621 bits per heavy atom. The minimum atomic E-state index is -4.96. The van der Waals surface area contributed by atoms with Crippen LogP contribution in [0.4, 0.5) is 0 Å². The lowest BCUT2D eigenvalue weighted by Crippen LogP contribution is -2.30. The second-order valence-corrected chi connectivity index (χ2v) is 30.8. The third-order valence-electron chi connectivity index (χ3n) is 17.4. The van der Waals surface area contributed by atoms with Crippen LogP contribution in [0.2, 0.25) is 0 Å². The highest BCUT2D eigenvalue weighted by molar-refractivity contribution is 7.47. The van der Waals surface area contributed by atoms with Gasteiger partial charge in [0, 0.05) is 25.7 Å². The first-order valence-corrected chi connectivity index (χ1v) is 41.7. The number of unbranched alkanes of at least 4 members (excludes halogenated alkanes) is 36. The fourth-order valence-electron chi connectivity index (χ4n) is 11.0. The van der Waals surface area contributed by atoms with Crippen LogP contribution in [-0.2, 0) is 65.4 Å². The van der Waals surface area contributed by atoms with Crippen LogP contribution in [0.1, 0.15) is 363 Å². The Balaban J connectivity index is 5.23. The monoisotopic (exact) mass is 1390 g/mol. The lowest BCUT2D eigenvalue weighted by Gasteiger charge is -2.21. The van der Waals surface area contributed by atoms with Crippen molar-refractivity contribution in [2.45, 2.75) is 381 Å². The van der Waals surface area contributed by atoms with Gasteiger partial charge < -0.3 is 33.8 Å². The number of phosphoric ester groups is 2.